The molecule has 1 aliphatic heterocycles. The highest BCUT2D eigenvalue weighted by Gasteiger charge is 2.27. The highest BCUT2D eigenvalue weighted by atomic mass is 32.1. The van der Waals surface area contributed by atoms with E-state index in [4.69, 9.17) is 4.74 Å². The smallest absolute Gasteiger partial charge is 0.333 e. The van der Waals surface area contributed by atoms with E-state index in [0.29, 0.717) is 38.5 Å². The normalized spacial score (nSPS) is 14.8. The molecule has 1 aromatic carbocycles. The number of carbonyl (C=O) groups excluding carboxylic acids is 1. The van der Waals surface area contributed by atoms with Crippen LogP contribution in [0.25, 0.3) is 0 Å². The van der Waals surface area contributed by atoms with Gasteiger partial charge in [-0.15, -0.1) is 11.3 Å². The molecule has 0 bridgehead atoms. The summed E-state index contributed by atoms with van der Waals surface area (Å²) in [7, 11) is 0. The van der Waals surface area contributed by atoms with Crippen LogP contribution in [0.15, 0.2) is 35.7 Å². The third-order valence-corrected chi connectivity index (χ3v) is 5.17. The number of rotatable bonds is 5. The van der Waals surface area contributed by atoms with Gasteiger partial charge in [-0.1, -0.05) is 12.1 Å². The number of amides is 1. The number of benzene rings is 1. The quantitative estimate of drug-likeness (QED) is 0.591. The van der Waals surface area contributed by atoms with Gasteiger partial charge in [-0.05, 0) is 36.9 Å². The summed E-state index contributed by atoms with van der Waals surface area (Å²) < 4.78 is 5.44. The summed E-state index contributed by atoms with van der Waals surface area (Å²) >= 11 is 1.43. The Kier molecular flexibility index (Phi) is 5.72. The second-order valence-corrected chi connectivity index (χ2v) is 6.87. The Morgan fingerprint density at radius 2 is 2.08 bits per heavy atom. The SMILES string of the molecule is CCOc1cccc(N2CCCN(C(=O)c3cccs3)CC2)c1[N+](=O)[O-]. The van der Waals surface area contributed by atoms with Crippen LogP contribution in [0.5, 0.6) is 5.75 Å². The Hall–Kier alpha value is -2.61. The zero-order chi connectivity index (χ0) is 18.5. The molecule has 0 unspecified atom stereocenters. The molecule has 0 atom stereocenters. The van der Waals surface area contributed by atoms with Crippen LogP contribution in [-0.2, 0) is 0 Å². The van der Waals surface area contributed by atoms with Crippen molar-refractivity contribution >= 4 is 28.6 Å². The summed E-state index contributed by atoms with van der Waals surface area (Å²) in [5.74, 6) is 0.310. The maximum absolute atomic E-state index is 12.6. The fourth-order valence-electron chi connectivity index (χ4n) is 3.14. The van der Waals surface area contributed by atoms with Crippen molar-refractivity contribution in [1.82, 2.24) is 4.90 Å². The minimum atomic E-state index is -0.389. The molecule has 2 heterocycles. The summed E-state index contributed by atoms with van der Waals surface area (Å²) in [6, 6.07) is 8.83. The fraction of sp³-hybridized carbons (Fsp3) is 0.389. The second kappa shape index (κ2) is 8.18. The van der Waals surface area contributed by atoms with Crippen molar-refractivity contribution in [2.75, 3.05) is 37.7 Å². The summed E-state index contributed by atoms with van der Waals surface area (Å²) in [5.41, 5.74) is 0.541. The van der Waals surface area contributed by atoms with Gasteiger partial charge in [0.1, 0.15) is 5.69 Å². The van der Waals surface area contributed by atoms with Crippen molar-refractivity contribution in [1.29, 1.82) is 0 Å². The number of hydrogen-bond acceptors (Lipinski definition) is 6. The molecule has 138 valence electrons. The van der Waals surface area contributed by atoms with Crippen LogP contribution in [0.1, 0.15) is 23.0 Å². The topological polar surface area (TPSA) is 75.9 Å². The molecule has 1 amide bonds. The molecule has 7 nitrogen and oxygen atoms in total. The van der Waals surface area contributed by atoms with Gasteiger partial charge in [-0.3, -0.25) is 14.9 Å². The van der Waals surface area contributed by atoms with Crippen LogP contribution in [0.3, 0.4) is 0 Å². The van der Waals surface area contributed by atoms with E-state index in [9.17, 15) is 14.9 Å². The van der Waals surface area contributed by atoms with Crippen LogP contribution in [0, 0.1) is 10.1 Å². The summed E-state index contributed by atoms with van der Waals surface area (Å²) in [6.07, 6.45) is 0.757. The summed E-state index contributed by atoms with van der Waals surface area (Å²) in [4.78, 5) is 28.3. The molecule has 0 aliphatic carbocycles. The Balaban J connectivity index is 1.80. The maximum Gasteiger partial charge on any atom is 0.333 e. The summed E-state index contributed by atoms with van der Waals surface area (Å²) in [5, 5.41) is 13.5. The molecule has 2 aromatic rings. The molecule has 1 saturated heterocycles. The number of thiophene rings is 1. The van der Waals surface area contributed by atoms with Gasteiger partial charge in [0.2, 0.25) is 0 Å². The first-order valence-corrected chi connectivity index (χ1v) is 9.47. The van der Waals surface area contributed by atoms with Crippen LogP contribution in [0.2, 0.25) is 0 Å². The van der Waals surface area contributed by atoms with Crippen LogP contribution in [-0.4, -0.2) is 48.5 Å². The Labute approximate surface area is 155 Å². The largest absolute Gasteiger partial charge is 0.487 e. The lowest BCUT2D eigenvalue weighted by Gasteiger charge is -2.24. The molecule has 0 saturated carbocycles. The van der Waals surface area contributed by atoms with Gasteiger partial charge in [0.25, 0.3) is 5.91 Å². The van der Waals surface area contributed by atoms with E-state index >= 15 is 0 Å². The van der Waals surface area contributed by atoms with E-state index in [-0.39, 0.29) is 22.3 Å². The predicted molar refractivity (Wildman–Crippen MR) is 101 cm³/mol. The third-order valence-electron chi connectivity index (χ3n) is 4.32. The van der Waals surface area contributed by atoms with Gasteiger partial charge in [0.15, 0.2) is 5.75 Å². The lowest BCUT2D eigenvalue weighted by atomic mass is 10.2. The molecule has 3 rings (SSSR count). The Morgan fingerprint density at radius 3 is 2.77 bits per heavy atom. The van der Waals surface area contributed by atoms with Crippen molar-refractivity contribution in [2.24, 2.45) is 0 Å². The lowest BCUT2D eigenvalue weighted by Crippen LogP contribution is -2.35. The van der Waals surface area contributed by atoms with Gasteiger partial charge < -0.3 is 14.5 Å². The molecule has 8 heteroatoms. The van der Waals surface area contributed by atoms with E-state index in [0.717, 1.165) is 11.3 Å². The molecule has 1 aliphatic rings. The molecular formula is C18H21N3O4S. The molecule has 1 aromatic heterocycles. The fourth-order valence-corrected chi connectivity index (χ4v) is 3.83. The number of carbonyl (C=O) groups is 1. The number of ether oxygens (including phenoxy) is 1. The van der Waals surface area contributed by atoms with Gasteiger partial charge in [-0.2, -0.15) is 0 Å². The number of hydrogen-bond donors (Lipinski definition) is 0. The molecule has 0 N–H and O–H groups in total. The van der Waals surface area contributed by atoms with Crippen LogP contribution < -0.4 is 9.64 Å². The van der Waals surface area contributed by atoms with E-state index in [1.165, 1.54) is 11.3 Å². The van der Waals surface area contributed by atoms with Crippen molar-refractivity contribution in [3.05, 3.63) is 50.7 Å². The molecule has 1 fully saturated rings. The van der Waals surface area contributed by atoms with Crippen LogP contribution in [0.4, 0.5) is 11.4 Å². The first kappa shape index (κ1) is 18.2. The Bertz CT molecular complexity index is 779. The molecule has 0 radical (unpaired) electrons. The van der Waals surface area contributed by atoms with Gasteiger partial charge >= 0.3 is 5.69 Å². The van der Waals surface area contributed by atoms with E-state index in [1.807, 2.05) is 27.3 Å². The summed E-state index contributed by atoms with van der Waals surface area (Å²) in [6.45, 7) is 4.56. The van der Waals surface area contributed by atoms with Crippen molar-refractivity contribution < 1.29 is 14.5 Å². The zero-order valence-electron chi connectivity index (χ0n) is 14.6. The number of anilines is 1. The van der Waals surface area contributed by atoms with Gasteiger partial charge in [0, 0.05) is 26.2 Å². The molecule has 26 heavy (non-hydrogen) atoms. The van der Waals surface area contributed by atoms with Gasteiger partial charge in [0.05, 0.1) is 16.4 Å². The van der Waals surface area contributed by atoms with Crippen LogP contribution >= 0.6 is 11.3 Å². The average molecular weight is 375 g/mol. The van der Waals surface area contributed by atoms with E-state index in [2.05, 4.69) is 0 Å². The number of nitro groups is 1. The monoisotopic (exact) mass is 375 g/mol. The van der Waals surface area contributed by atoms with Crippen molar-refractivity contribution in [3.63, 3.8) is 0 Å². The Morgan fingerprint density at radius 1 is 1.23 bits per heavy atom. The average Bonchev–Trinajstić information content (AvgIpc) is 3.05. The highest BCUT2D eigenvalue weighted by Crippen LogP contribution is 2.37. The lowest BCUT2D eigenvalue weighted by molar-refractivity contribution is -0.385. The predicted octanol–water partition coefficient (Wildman–Crippen LogP) is 3.41. The van der Waals surface area contributed by atoms with Crippen molar-refractivity contribution in [3.8, 4) is 5.75 Å². The minimum absolute atomic E-state index is 0.00705. The number of nitro benzene ring substituents is 1. The highest BCUT2D eigenvalue weighted by molar-refractivity contribution is 7.12. The number of nitrogens with zero attached hydrogens (tertiary/aromatic N) is 3. The van der Waals surface area contributed by atoms with Crippen molar-refractivity contribution in [2.45, 2.75) is 13.3 Å². The first-order valence-electron chi connectivity index (χ1n) is 8.59. The third kappa shape index (κ3) is 3.80. The van der Waals surface area contributed by atoms with E-state index < -0.39 is 0 Å². The minimum Gasteiger partial charge on any atom is -0.487 e. The molecular weight excluding hydrogens is 354 g/mol. The van der Waals surface area contributed by atoms with Gasteiger partial charge in [-0.25, -0.2) is 0 Å². The zero-order valence-corrected chi connectivity index (χ0v) is 15.4. The molecule has 0 spiro atoms. The number of para-hydroxylation sites is 1. The van der Waals surface area contributed by atoms with E-state index in [1.54, 1.807) is 25.1 Å². The maximum atomic E-state index is 12.6. The first-order chi connectivity index (χ1) is 12.6. The second-order valence-electron chi connectivity index (χ2n) is 5.92. The standard InChI is InChI=1S/C18H21N3O4S/c1-2-25-15-7-3-6-14(17(15)21(23)24)19-9-5-10-20(12-11-19)18(22)16-8-4-13-26-16/h3-4,6-8,13H,2,5,9-12H2,1H3.